The van der Waals surface area contributed by atoms with E-state index in [9.17, 15) is 4.79 Å². The smallest absolute Gasteiger partial charge is 0.234 e. The van der Waals surface area contributed by atoms with Gasteiger partial charge in [-0.25, -0.2) is 0 Å². The van der Waals surface area contributed by atoms with Crippen LogP contribution in [0.4, 0.5) is 0 Å². The van der Waals surface area contributed by atoms with Crippen LogP contribution in [0.25, 0.3) is 0 Å². The van der Waals surface area contributed by atoms with E-state index < -0.39 is 0 Å². The molecule has 0 aliphatic carbocycles. The summed E-state index contributed by atoms with van der Waals surface area (Å²) in [6.07, 6.45) is 4.01. The van der Waals surface area contributed by atoms with Crippen LogP contribution >= 0.6 is 0 Å². The fourth-order valence-corrected chi connectivity index (χ4v) is 1.51. The number of amides is 1. The zero-order chi connectivity index (χ0) is 11.7. The second-order valence-electron chi connectivity index (χ2n) is 4.22. The van der Waals surface area contributed by atoms with Crippen LogP contribution in [0.15, 0.2) is 0 Å². The molecule has 0 fully saturated rings. The Kier molecular flexibility index (Phi) is 8.33. The molecule has 0 aromatic carbocycles. The summed E-state index contributed by atoms with van der Waals surface area (Å²) in [4.78, 5) is 11.0. The Balaban J connectivity index is 3.50. The van der Waals surface area contributed by atoms with Crippen LogP contribution in [0.2, 0.25) is 0 Å². The van der Waals surface area contributed by atoms with Gasteiger partial charge in [-0.3, -0.25) is 4.79 Å². The molecule has 0 aromatic rings. The monoisotopic (exact) mass is 216 g/mol. The number of carbonyl (C=O) groups excluding carboxylic acids is 1. The second kappa shape index (κ2) is 8.68. The van der Waals surface area contributed by atoms with Gasteiger partial charge in [-0.05, 0) is 25.3 Å². The van der Waals surface area contributed by atoms with Crippen molar-refractivity contribution in [1.29, 1.82) is 0 Å². The van der Waals surface area contributed by atoms with Crippen LogP contribution in [0, 0.1) is 5.92 Å². The molecule has 1 atom stereocenters. The molecule has 0 heterocycles. The van der Waals surface area contributed by atoms with Crippen LogP contribution < -0.4 is 11.1 Å². The lowest BCUT2D eigenvalue weighted by Gasteiger charge is -2.18. The van der Waals surface area contributed by atoms with E-state index in [4.69, 9.17) is 10.8 Å². The predicted molar refractivity (Wildman–Crippen MR) is 61.4 cm³/mol. The van der Waals surface area contributed by atoms with Crippen LogP contribution in [0.3, 0.4) is 0 Å². The third-order valence-electron chi connectivity index (χ3n) is 2.42. The van der Waals surface area contributed by atoms with Crippen molar-refractivity contribution in [3.63, 3.8) is 0 Å². The van der Waals surface area contributed by atoms with Crippen molar-refractivity contribution < 1.29 is 9.90 Å². The fourth-order valence-electron chi connectivity index (χ4n) is 1.51. The standard InChI is InChI=1S/C11H24N2O2/c1-9(2)10(11(12)15)13-7-5-3-4-6-8-14/h9-10,13-14H,3-8H2,1-2H3,(H2,12,15). The first kappa shape index (κ1) is 14.4. The Bertz CT molecular complexity index is 172. The van der Waals surface area contributed by atoms with Crippen molar-refractivity contribution >= 4 is 5.91 Å². The number of nitrogens with one attached hydrogen (secondary N) is 1. The number of aliphatic hydroxyl groups is 1. The van der Waals surface area contributed by atoms with Crippen molar-refractivity contribution in [3.05, 3.63) is 0 Å². The first-order chi connectivity index (χ1) is 7.09. The molecule has 4 N–H and O–H groups in total. The Hall–Kier alpha value is -0.610. The summed E-state index contributed by atoms with van der Waals surface area (Å²) in [5.41, 5.74) is 5.27. The lowest BCUT2D eigenvalue weighted by Crippen LogP contribution is -2.45. The molecule has 90 valence electrons. The molecule has 0 saturated carbocycles. The maximum Gasteiger partial charge on any atom is 0.234 e. The number of nitrogens with two attached hydrogens (primary N) is 1. The largest absolute Gasteiger partial charge is 0.396 e. The number of primary amides is 1. The quantitative estimate of drug-likeness (QED) is 0.495. The summed E-state index contributed by atoms with van der Waals surface area (Å²) < 4.78 is 0. The van der Waals surface area contributed by atoms with Crippen molar-refractivity contribution in [2.75, 3.05) is 13.2 Å². The molecule has 0 aromatic heterocycles. The van der Waals surface area contributed by atoms with Crippen molar-refractivity contribution in [2.45, 2.75) is 45.6 Å². The first-order valence-corrected chi connectivity index (χ1v) is 5.73. The van der Waals surface area contributed by atoms with Gasteiger partial charge in [0.2, 0.25) is 5.91 Å². The van der Waals surface area contributed by atoms with E-state index in [1.807, 2.05) is 13.8 Å². The first-order valence-electron chi connectivity index (χ1n) is 5.73. The number of unbranched alkanes of at least 4 members (excludes halogenated alkanes) is 3. The van der Waals surface area contributed by atoms with Gasteiger partial charge >= 0.3 is 0 Å². The van der Waals surface area contributed by atoms with E-state index in [1.54, 1.807) is 0 Å². The summed E-state index contributed by atoms with van der Waals surface area (Å²) in [6.45, 7) is 5.04. The van der Waals surface area contributed by atoms with E-state index in [0.29, 0.717) is 0 Å². The Morgan fingerprint density at radius 2 is 1.87 bits per heavy atom. The number of aliphatic hydroxyl groups excluding tert-OH is 1. The molecule has 0 bridgehead atoms. The van der Waals surface area contributed by atoms with Crippen LogP contribution in [0.5, 0.6) is 0 Å². The van der Waals surface area contributed by atoms with Gasteiger partial charge < -0.3 is 16.2 Å². The third kappa shape index (κ3) is 7.33. The predicted octanol–water partition coefficient (Wildman–Crippen LogP) is 0.639. The minimum Gasteiger partial charge on any atom is -0.396 e. The third-order valence-corrected chi connectivity index (χ3v) is 2.42. The molecule has 0 radical (unpaired) electrons. The van der Waals surface area contributed by atoms with Gasteiger partial charge in [0.15, 0.2) is 0 Å². The number of hydrogen-bond acceptors (Lipinski definition) is 3. The molecular weight excluding hydrogens is 192 g/mol. The fraction of sp³-hybridized carbons (Fsp3) is 0.909. The maximum atomic E-state index is 11.0. The van der Waals surface area contributed by atoms with E-state index in [0.717, 1.165) is 32.2 Å². The summed E-state index contributed by atoms with van der Waals surface area (Å²) in [5, 5.41) is 11.7. The SMILES string of the molecule is CC(C)C(NCCCCCCO)C(N)=O. The van der Waals surface area contributed by atoms with Gasteiger partial charge in [-0.15, -0.1) is 0 Å². The van der Waals surface area contributed by atoms with Crippen LogP contribution in [-0.2, 0) is 4.79 Å². The van der Waals surface area contributed by atoms with Gasteiger partial charge in [-0.1, -0.05) is 26.7 Å². The summed E-state index contributed by atoms with van der Waals surface area (Å²) in [7, 11) is 0. The zero-order valence-electron chi connectivity index (χ0n) is 9.83. The van der Waals surface area contributed by atoms with Crippen LogP contribution in [0.1, 0.15) is 39.5 Å². The van der Waals surface area contributed by atoms with Gasteiger partial charge in [0, 0.05) is 6.61 Å². The summed E-state index contributed by atoms with van der Waals surface area (Å²) >= 11 is 0. The summed E-state index contributed by atoms with van der Waals surface area (Å²) in [6, 6.07) is -0.220. The second-order valence-corrected chi connectivity index (χ2v) is 4.22. The Morgan fingerprint density at radius 1 is 1.27 bits per heavy atom. The molecule has 1 amide bonds. The molecule has 15 heavy (non-hydrogen) atoms. The molecule has 4 heteroatoms. The maximum absolute atomic E-state index is 11.0. The molecule has 0 spiro atoms. The molecule has 0 aliphatic rings. The normalized spacial score (nSPS) is 13.1. The molecule has 0 rings (SSSR count). The lowest BCUT2D eigenvalue weighted by atomic mass is 10.0. The van der Waals surface area contributed by atoms with E-state index in [1.165, 1.54) is 0 Å². The molecular formula is C11H24N2O2. The highest BCUT2D eigenvalue weighted by molar-refractivity contribution is 5.80. The summed E-state index contributed by atoms with van der Waals surface area (Å²) in [5.74, 6) is -0.0414. The van der Waals surface area contributed by atoms with E-state index >= 15 is 0 Å². The minimum atomic E-state index is -0.277. The lowest BCUT2D eigenvalue weighted by molar-refractivity contribution is -0.121. The topological polar surface area (TPSA) is 75.3 Å². The van der Waals surface area contributed by atoms with E-state index in [2.05, 4.69) is 5.32 Å². The van der Waals surface area contributed by atoms with Crippen molar-refractivity contribution in [2.24, 2.45) is 11.7 Å². The average Bonchev–Trinajstić information content (AvgIpc) is 2.15. The average molecular weight is 216 g/mol. The van der Waals surface area contributed by atoms with Gasteiger partial charge in [-0.2, -0.15) is 0 Å². The number of carbonyl (C=O) groups is 1. The van der Waals surface area contributed by atoms with Gasteiger partial charge in [0.1, 0.15) is 0 Å². The molecule has 4 nitrogen and oxygen atoms in total. The Morgan fingerprint density at radius 3 is 2.33 bits per heavy atom. The van der Waals surface area contributed by atoms with Crippen LogP contribution in [-0.4, -0.2) is 30.2 Å². The zero-order valence-corrected chi connectivity index (χ0v) is 9.83. The molecule has 0 aliphatic heterocycles. The molecule has 0 saturated heterocycles. The molecule has 1 unspecified atom stereocenters. The van der Waals surface area contributed by atoms with E-state index in [-0.39, 0.29) is 24.5 Å². The highest BCUT2D eigenvalue weighted by Gasteiger charge is 2.17. The number of hydrogen-bond donors (Lipinski definition) is 3. The van der Waals surface area contributed by atoms with Crippen molar-refractivity contribution in [3.8, 4) is 0 Å². The van der Waals surface area contributed by atoms with Gasteiger partial charge in [0.25, 0.3) is 0 Å². The highest BCUT2D eigenvalue weighted by atomic mass is 16.2. The van der Waals surface area contributed by atoms with Gasteiger partial charge in [0.05, 0.1) is 6.04 Å². The van der Waals surface area contributed by atoms with Crippen molar-refractivity contribution in [1.82, 2.24) is 5.32 Å². The highest BCUT2D eigenvalue weighted by Crippen LogP contribution is 2.02. The Labute approximate surface area is 92.2 Å². The number of rotatable bonds is 9. The minimum absolute atomic E-state index is 0.220.